The number of carbonyl (C=O) groups is 2. The van der Waals surface area contributed by atoms with Crippen LogP contribution in [0.2, 0.25) is 0 Å². The van der Waals surface area contributed by atoms with Crippen LogP contribution in [-0.2, 0) is 25.6 Å². The first kappa shape index (κ1) is 20.8. The maximum absolute atomic E-state index is 12.5. The Morgan fingerprint density at radius 1 is 1.31 bits per heavy atom. The van der Waals surface area contributed by atoms with Crippen LogP contribution >= 0.6 is 11.3 Å². The Labute approximate surface area is 176 Å². The molecule has 2 saturated heterocycles. The van der Waals surface area contributed by atoms with Crippen LogP contribution in [0.1, 0.15) is 31.2 Å². The van der Waals surface area contributed by atoms with Gasteiger partial charge in [0, 0.05) is 51.2 Å². The second kappa shape index (κ2) is 9.55. The standard InChI is InChI=1S/C21H31N3O4S/c1-27-6-5-22-19(25)9-18-21-15(8-20(26)23-16-2-3-16)11-24(17(21)12-28-18)10-14-4-7-29-13-14/h4,7,13,15-18,21H,2-3,5-6,8-12H2,1H3,(H,22,25)(H,23,26)/t15-,17-,18+,21-/m1/s1. The summed E-state index contributed by atoms with van der Waals surface area (Å²) in [7, 11) is 1.62. The number of carbonyl (C=O) groups excluding carboxylic acids is 2. The van der Waals surface area contributed by atoms with E-state index in [2.05, 4.69) is 32.4 Å². The van der Waals surface area contributed by atoms with Gasteiger partial charge in [-0.15, -0.1) is 0 Å². The third-order valence-corrected chi connectivity index (χ3v) is 6.94. The Hall–Kier alpha value is -1.48. The van der Waals surface area contributed by atoms with Gasteiger partial charge in [0.05, 0.1) is 25.7 Å². The highest BCUT2D eigenvalue weighted by molar-refractivity contribution is 7.07. The van der Waals surface area contributed by atoms with E-state index in [-0.39, 0.29) is 35.8 Å². The number of fused-ring (bicyclic) bond motifs is 1. The molecule has 0 spiro atoms. The fraction of sp³-hybridized carbons (Fsp3) is 0.714. The molecule has 2 aliphatic heterocycles. The fourth-order valence-corrected chi connectivity index (χ4v) is 5.37. The maximum atomic E-state index is 12.5. The normalized spacial score (nSPS) is 29.0. The average molecular weight is 422 g/mol. The van der Waals surface area contributed by atoms with Crippen molar-refractivity contribution < 1.29 is 19.1 Å². The molecular formula is C21H31N3O4S. The molecule has 3 heterocycles. The largest absolute Gasteiger partial charge is 0.383 e. The first-order valence-corrected chi connectivity index (χ1v) is 11.5. The third kappa shape index (κ3) is 5.36. The number of hydrogen-bond donors (Lipinski definition) is 2. The number of methoxy groups -OCH3 is 1. The summed E-state index contributed by atoms with van der Waals surface area (Å²) in [5.74, 6) is 0.567. The number of rotatable bonds is 10. The maximum Gasteiger partial charge on any atom is 0.222 e. The lowest BCUT2D eigenvalue weighted by atomic mass is 9.84. The molecule has 29 heavy (non-hydrogen) atoms. The van der Waals surface area contributed by atoms with Crippen LogP contribution in [0.5, 0.6) is 0 Å². The number of amides is 2. The Morgan fingerprint density at radius 2 is 2.17 bits per heavy atom. The minimum absolute atomic E-state index is 0.00911. The minimum Gasteiger partial charge on any atom is -0.383 e. The van der Waals surface area contributed by atoms with E-state index in [1.807, 2.05) is 0 Å². The van der Waals surface area contributed by atoms with Crippen molar-refractivity contribution in [2.24, 2.45) is 11.8 Å². The van der Waals surface area contributed by atoms with Gasteiger partial charge in [-0.3, -0.25) is 14.5 Å². The Bertz CT molecular complexity index is 694. The molecule has 160 valence electrons. The van der Waals surface area contributed by atoms with Crippen LogP contribution in [0.3, 0.4) is 0 Å². The molecule has 1 aromatic heterocycles. The summed E-state index contributed by atoms with van der Waals surface area (Å²) in [5, 5.41) is 10.3. The van der Waals surface area contributed by atoms with Gasteiger partial charge in [-0.1, -0.05) is 0 Å². The molecule has 0 radical (unpaired) electrons. The van der Waals surface area contributed by atoms with Crippen molar-refractivity contribution in [1.29, 1.82) is 0 Å². The molecule has 3 fully saturated rings. The average Bonchev–Trinajstić information content (AvgIpc) is 3.07. The van der Waals surface area contributed by atoms with Crippen molar-refractivity contribution >= 4 is 23.2 Å². The summed E-state index contributed by atoms with van der Waals surface area (Å²) < 4.78 is 11.1. The van der Waals surface area contributed by atoms with Crippen molar-refractivity contribution in [2.75, 3.05) is 33.4 Å². The van der Waals surface area contributed by atoms with Gasteiger partial charge in [0.2, 0.25) is 11.8 Å². The Kier molecular flexibility index (Phi) is 6.85. The van der Waals surface area contributed by atoms with Crippen LogP contribution in [0.15, 0.2) is 16.8 Å². The molecule has 4 rings (SSSR count). The molecule has 1 aromatic rings. The molecule has 0 unspecified atom stereocenters. The van der Waals surface area contributed by atoms with Gasteiger partial charge in [-0.05, 0) is 41.1 Å². The quantitative estimate of drug-likeness (QED) is 0.558. The van der Waals surface area contributed by atoms with Crippen LogP contribution in [0.4, 0.5) is 0 Å². The van der Waals surface area contributed by atoms with Gasteiger partial charge >= 0.3 is 0 Å². The van der Waals surface area contributed by atoms with Gasteiger partial charge in [0.1, 0.15) is 0 Å². The van der Waals surface area contributed by atoms with E-state index in [4.69, 9.17) is 9.47 Å². The topological polar surface area (TPSA) is 79.9 Å². The molecule has 0 bridgehead atoms. The number of ether oxygens (including phenoxy) is 2. The van der Waals surface area contributed by atoms with Crippen molar-refractivity contribution in [3.05, 3.63) is 22.4 Å². The summed E-state index contributed by atoms with van der Waals surface area (Å²) >= 11 is 1.71. The van der Waals surface area contributed by atoms with Crippen LogP contribution in [0, 0.1) is 11.8 Å². The molecule has 8 heteroatoms. The zero-order valence-electron chi connectivity index (χ0n) is 17.0. The van der Waals surface area contributed by atoms with E-state index >= 15 is 0 Å². The van der Waals surface area contributed by atoms with Crippen molar-refractivity contribution in [3.8, 4) is 0 Å². The second-order valence-corrected chi connectivity index (χ2v) is 9.21. The molecule has 1 saturated carbocycles. The zero-order valence-corrected chi connectivity index (χ0v) is 17.8. The lowest BCUT2D eigenvalue weighted by Gasteiger charge is -2.23. The zero-order chi connectivity index (χ0) is 20.2. The van der Waals surface area contributed by atoms with E-state index in [1.54, 1.807) is 18.4 Å². The SMILES string of the molecule is COCCNC(=O)C[C@@H]1OC[C@@H]2[C@H]1[C@H](CC(=O)NC1CC1)CN2Cc1ccsc1. The number of likely N-dealkylation sites (tertiary alicyclic amines) is 1. The first-order chi connectivity index (χ1) is 14.1. The van der Waals surface area contributed by atoms with Gasteiger partial charge in [-0.2, -0.15) is 11.3 Å². The highest BCUT2D eigenvalue weighted by Gasteiger charge is 2.51. The first-order valence-electron chi connectivity index (χ1n) is 10.6. The highest BCUT2D eigenvalue weighted by Crippen LogP contribution is 2.42. The lowest BCUT2D eigenvalue weighted by Crippen LogP contribution is -2.36. The van der Waals surface area contributed by atoms with Crippen LogP contribution in [0.25, 0.3) is 0 Å². The number of nitrogens with one attached hydrogen (secondary N) is 2. The van der Waals surface area contributed by atoms with E-state index in [9.17, 15) is 9.59 Å². The van der Waals surface area contributed by atoms with Gasteiger partial charge in [-0.25, -0.2) is 0 Å². The number of hydrogen-bond acceptors (Lipinski definition) is 6. The summed E-state index contributed by atoms with van der Waals surface area (Å²) in [5.41, 5.74) is 1.30. The summed E-state index contributed by atoms with van der Waals surface area (Å²) in [4.78, 5) is 27.3. The van der Waals surface area contributed by atoms with Gasteiger partial charge in [0.15, 0.2) is 0 Å². The van der Waals surface area contributed by atoms with Gasteiger partial charge in [0.25, 0.3) is 0 Å². The second-order valence-electron chi connectivity index (χ2n) is 8.43. The fourth-order valence-electron chi connectivity index (χ4n) is 4.71. The summed E-state index contributed by atoms with van der Waals surface area (Å²) in [6.07, 6.45) is 2.93. The number of nitrogens with zero attached hydrogens (tertiary/aromatic N) is 1. The molecule has 7 nitrogen and oxygen atoms in total. The molecule has 2 amide bonds. The predicted octanol–water partition coefficient (Wildman–Crippen LogP) is 1.38. The molecule has 2 N–H and O–H groups in total. The lowest BCUT2D eigenvalue weighted by molar-refractivity contribution is -0.124. The van der Waals surface area contributed by atoms with E-state index in [0.717, 1.165) is 25.9 Å². The van der Waals surface area contributed by atoms with Crippen molar-refractivity contribution in [1.82, 2.24) is 15.5 Å². The smallest absolute Gasteiger partial charge is 0.222 e. The monoisotopic (exact) mass is 421 g/mol. The Morgan fingerprint density at radius 3 is 2.90 bits per heavy atom. The van der Waals surface area contributed by atoms with Crippen LogP contribution < -0.4 is 10.6 Å². The summed E-state index contributed by atoms with van der Waals surface area (Å²) in [6, 6.07) is 2.80. The van der Waals surface area contributed by atoms with Crippen LogP contribution in [-0.4, -0.2) is 68.3 Å². The van der Waals surface area contributed by atoms with E-state index in [0.29, 0.717) is 38.6 Å². The highest BCUT2D eigenvalue weighted by atomic mass is 32.1. The third-order valence-electron chi connectivity index (χ3n) is 6.21. The number of thiophene rings is 1. The van der Waals surface area contributed by atoms with Crippen molar-refractivity contribution in [3.63, 3.8) is 0 Å². The van der Waals surface area contributed by atoms with Crippen molar-refractivity contribution in [2.45, 2.75) is 50.4 Å². The molecular weight excluding hydrogens is 390 g/mol. The molecule has 4 atom stereocenters. The molecule has 3 aliphatic rings. The van der Waals surface area contributed by atoms with E-state index < -0.39 is 0 Å². The van der Waals surface area contributed by atoms with E-state index in [1.165, 1.54) is 5.56 Å². The predicted molar refractivity (Wildman–Crippen MR) is 111 cm³/mol. The summed E-state index contributed by atoms with van der Waals surface area (Å²) in [6.45, 7) is 3.40. The molecule has 1 aliphatic carbocycles. The molecule has 0 aromatic carbocycles. The Balaban J connectivity index is 1.40. The minimum atomic E-state index is -0.131. The van der Waals surface area contributed by atoms with Gasteiger partial charge < -0.3 is 20.1 Å².